The second-order valence-corrected chi connectivity index (χ2v) is 6.74. The van der Waals surface area contributed by atoms with Gasteiger partial charge in [0.05, 0.1) is 0 Å². The van der Waals surface area contributed by atoms with Crippen molar-refractivity contribution in [3.63, 3.8) is 0 Å². The first-order valence-corrected chi connectivity index (χ1v) is 8.07. The van der Waals surface area contributed by atoms with E-state index in [1.165, 1.54) is 50.5 Å². The molecule has 2 saturated carbocycles. The first kappa shape index (κ1) is 13.2. The largest absolute Gasteiger partial charge is 0.327 e. The van der Waals surface area contributed by atoms with Crippen molar-refractivity contribution in [2.75, 3.05) is 0 Å². The van der Waals surface area contributed by atoms with E-state index in [1.807, 2.05) is 0 Å². The normalized spacial score (nSPS) is 30.8. The zero-order chi connectivity index (χ0) is 13.3. The van der Waals surface area contributed by atoms with Crippen molar-refractivity contribution in [2.45, 2.75) is 63.3 Å². The smallest absolute Gasteiger partial charge is 0.0165 e. The topological polar surface area (TPSA) is 26.0 Å². The monoisotopic (exact) mass is 257 g/mol. The standard InChI is InChI=1S/C18H27N/c1-2-14-8-10-15(11-9-14)17(19)18(12-13-18)16-6-4-3-5-7-16/h3-7,14-15,17H,2,8-13,19H2,1H3. The first-order valence-electron chi connectivity index (χ1n) is 8.07. The summed E-state index contributed by atoms with van der Waals surface area (Å²) in [5.41, 5.74) is 8.52. The lowest BCUT2D eigenvalue weighted by Crippen LogP contribution is -2.43. The molecule has 0 spiro atoms. The van der Waals surface area contributed by atoms with E-state index in [9.17, 15) is 0 Å². The van der Waals surface area contributed by atoms with Crippen molar-refractivity contribution in [1.82, 2.24) is 0 Å². The molecule has 2 fully saturated rings. The van der Waals surface area contributed by atoms with Crippen molar-refractivity contribution < 1.29 is 0 Å². The molecule has 0 radical (unpaired) electrons. The van der Waals surface area contributed by atoms with Gasteiger partial charge < -0.3 is 5.73 Å². The minimum absolute atomic E-state index is 0.324. The zero-order valence-electron chi connectivity index (χ0n) is 12.1. The fourth-order valence-electron chi connectivity index (χ4n) is 4.13. The van der Waals surface area contributed by atoms with Gasteiger partial charge in [0.2, 0.25) is 0 Å². The van der Waals surface area contributed by atoms with E-state index in [0.29, 0.717) is 11.5 Å². The first-order chi connectivity index (χ1) is 9.26. The summed E-state index contributed by atoms with van der Waals surface area (Å²) in [4.78, 5) is 0. The van der Waals surface area contributed by atoms with E-state index in [2.05, 4.69) is 37.3 Å². The fourth-order valence-corrected chi connectivity index (χ4v) is 4.13. The molecule has 104 valence electrons. The van der Waals surface area contributed by atoms with E-state index >= 15 is 0 Å². The predicted octanol–water partition coefficient (Wildman–Crippen LogP) is 4.26. The van der Waals surface area contributed by atoms with Crippen LogP contribution in [0.2, 0.25) is 0 Å². The van der Waals surface area contributed by atoms with Crippen LogP contribution >= 0.6 is 0 Å². The Morgan fingerprint density at radius 1 is 1.11 bits per heavy atom. The molecule has 1 aromatic carbocycles. The maximum absolute atomic E-state index is 6.71. The molecule has 1 aromatic rings. The van der Waals surface area contributed by atoms with Crippen LogP contribution in [0.3, 0.4) is 0 Å². The minimum atomic E-state index is 0.324. The summed E-state index contributed by atoms with van der Waals surface area (Å²) in [6.07, 6.45) is 9.46. The lowest BCUT2D eigenvalue weighted by atomic mass is 9.72. The lowest BCUT2D eigenvalue weighted by Gasteiger charge is -2.36. The molecule has 3 rings (SSSR count). The van der Waals surface area contributed by atoms with Crippen LogP contribution in [-0.4, -0.2) is 6.04 Å². The molecule has 1 nitrogen and oxygen atoms in total. The molecule has 2 aliphatic carbocycles. The van der Waals surface area contributed by atoms with Gasteiger partial charge in [-0.3, -0.25) is 0 Å². The summed E-state index contributed by atoms with van der Waals surface area (Å²) in [6.45, 7) is 2.33. The molecule has 1 atom stereocenters. The molecular weight excluding hydrogens is 230 g/mol. The number of hydrogen-bond donors (Lipinski definition) is 1. The molecule has 19 heavy (non-hydrogen) atoms. The molecule has 0 aliphatic heterocycles. The Kier molecular flexibility index (Phi) is 3.66. The Hall–Kier alpha value is -0.820. The molecule has 1 heteroatoms. The van der Waals surface area contributed by atoms with E-state index in [1.54, 1.807) is 0 Å². The minimum Gasteiger partial charge on any atom is -0.327 e. The molecule has 2 aliphatic rings. The molecule has 1 unspecified atom stereocenters. The molecule has 0 saturated heterocycles. The molecule has 0 heterocycles. The van der Waals surface area contributed by atoms with Crippen LogP contribution in [0.5, 0.6) is 0 Å². The van der Waals surface area contributed by atoms with Gasteiger partial charge in [0.25, 0.3) is 0 Å². The number of benzene rings is 1. The number of nitrogens with two attached hydrogens (primary N) is 1. The van der Waals surface area contributed by atoms with Gasteiger partial charge in [-0.2, -0.15) is 0 Å². The number of hydrogen-bond acceptors (Lipinski definition) is 1. The maximum Gasteiger partial charge on any atom is 0.0165 e. The van der Waals surface area contributed by atoms with E-state index < -0.39 is 0 Å². The Labute approximate surface area is 117 Å². The molecule has 0 amide bonds. The van der Waals surface area contributed by atoms with Gasteiger partial charge in [-0.15, -0.1) is 0 Å². The van der Waals surface area contributed by atoms with Crippen LogP contribution in [0.25, 0.3) is 0 Å². The Bertz CT molecular complexity index is 399. The second-order valence-electron chi connectivity index (χ2n) is 6.74. The summed E-state index contributed by atoms with van der Waals surface area (Å²) >= 11 is 0. The van der Waals surface area contributed by atoms with Crippen LogP contribution in [0.15, 0.2) is 30.3 Å². The molecule has 0 aromatic heterocycles. The van der Waals surface area contributed by atoms with E-state index in [-0.39, 0.29) is 0 Å². The Balaban J connectivity index is 1.69. The predicted molar refractivity (Wildman–Crippen MR) is 81.1 cm³/mol. The van der Waals surface area contributed by atoms with E-state index in [0.717, 1.165) is 11.8 Å². The van der Waals surface area contributed by atoms with Crippen LogP contribution < -0.4 is 5.73 Å². The molecule has 0 bridgehead atoms. The summed E-state index contributed by atoms with van der Waals surface area (Å²) in [7, 11) is 0. The summed E-state index contributed by atoms with van der Waals surface area (Å²) in [5.74, 6) is 1.72. The fraction of sp³-hybridized carbons (Fsp3) is 0.667. The van der Waals surface area contributed by atoms with Crippen LogP contribution in [-0.2, 0) is 5.41 Å². The highest BCUT2D eigenvalue weighted by Crippen LogP contribution is 2.53. The highest BCUT2D eigenvalue weighted by Gasteiger charge is 2.51. The molecular formula is C18H27N. The van der Waals surface area contributed by atoms with Gasteiger partial charge >= 0.3 is 0 Å². The third-order valence-electron chi connectivity index (χ3n) is 5.75. The van der Waals surface area contributed by atoms with E-state index in [4.69, 9.17) is 5.73 Å². The van der Waals surface area contributed by atoms with Crippen molar-refractivity contribution in [3.05, 3.63) is 35.9 Å². The highest BCUT2D eigenvalue weighted by atomic mass is 14.8. The summed E-state index contributed by atoms with van der Waals surface area (Å²) in [6, 6.07) is 11.4. The quantitative estimate of drug-likeness (QED) is 0.857. The van der Waals surface area contributed by atoms with Crippen molar-refractivity contribution >= 4 is 0 Å². The zero-order valence-corrected chi connectivity index (χ0v) is 12.1. The van der Waals surface area contributed by atoms with Gasteiger partial charge in [0.15, 0.2) is 0 Å². The van der Waals surface area contributed by atoms with Crippen LogP contribution in [0.4, 0.5) is 0 Å². The SMILES string of the molecule is CCC1CCC(C(N)C2(c3ccccc3)CC2)CC1. The average Bonchev–Trinajstić information content (AvgIpc) is 3.29. The summed E-state index contributed by atoms with van der Waals surface area (Å²) < 4.78 is 0. The van der Waals surface area contributed by atoms with Gasteiger partial charge in [-0.1, -0.05) is 56.5 Å². The van der Waals surface area contributed by atoms with Gasteiger partial charge in [0, 0.05) is 11.5 Å². The summed E-state index contributed by atoms with van der Waals surface area (Å²) in [5, 5.41) is 0. The van der Waals surface area contributed by atoms with Crippen molar-refractivity contribution in [1.29, 1.82) is 0 Å². The van der Waals surface area contributed by atoms with Gasteiger partial charge in [0.1, 0.15) is 0 Å². The maximum atomic E-state index is 6.71. The van der Waals surface area contributed by atoms with Gasteiger partial charge in [-0.25, -0.2) is 0 Å². The molecule has 2 N–H and O–H groups in total. The second kappa shape index (κ2) is 5.28. The highest BCUT2D eigenvalue weighted by molar-refractivity contribution is 5.34. The van der Waals surface area contributed by atoms with Crippen LogP contribution in [0, 0.1) is 11.8 Å². The van der Waals surface area contributed by atoms with Crippen molar-refractivity contribution in [3.8, 4) is 0 Å². The lowest BCUT2D eigenvalue weighted by molar-refractivity contribution is 0.217. The number of rotatable bonds is 4. The third kappa shape index (κ3) is 2.45. The Morgan fingerprint density at radius 2 is 1.74 bits per heavy atom. The van der Waals surface area contributed by atoms with Gasteiger partial charge in [-0.05, 0) is 43.1 Å². The Morgan fingerprint density at radius 3 is 2.26 bits per heavy atom. The van der Waals surface area contributed by atoms with Crippen molar-refractivity contribution in [2.24, 2.45) is 17.6 Å². The average molecular weight is 257 g/mol. The third-order valence-corrected chi connectivity index (χ3v) is 5.75. The van der Waals surface area contributed by atoms with Crippen LogP contribution in [0.1, 0.15) is 57.4 Å².